The first-order valence-electron chi connectivity index (χ1n) is 10.4. The Morgan fingerprint density at radius 2 is 0.952 bits per heavy atom. The third kappa shape index (κ3) is 9.05. The molecule has 0 aliphatic rings. The second-order valence-electron chi connectivity index (χ2n) is 7.73. The van der Waals surface area contributed by atoms with Gasteiger partial charge in [-0.15, -0.1) is 0 Å². The van der Waals surface area contributed by atoms with Crippen molar-refractivity contribution in [3.63, 3.8) is 0 Å². The molecule has 2 aromatic heterocycles. The topological polar surface area (TPSA) is 261 Å². The highest BCUT2D eigenvalue weighted by Gasteiger charge is 2.37. The number of aryl methyl sites for hydroxylation is 2. The fourth-order valence-corrected chi connectivity index (χ4v) is 2.93. The van der Waals surface area contributed by atoms with Gasteiger partial charge in [-0.3, -0.25) is 20.2 Å². The van der Waals surface area contributed by atoms with E-state index in [9.17, 15) is 46.6 Å². The molecule has 2 aromatic carbocycles. The van der Waals surface area contributed by atoms with Gasteiger partial charge in [0.2, 0.25) is 0 Å². The minimum Gasteiger partial charge on any atom is -0.741 e. The van der Waals surface area contributed by atoms with Crippen LogP contribution in [-0.4, -0.2) is 56.8 Å². The first-order chi connectivity index (χ1) is 19.0. The minimum atomic E-state index is -6.09. The number of H-pyrrole nitrogens is 4. The van der Waals surface area contributed by atoms with Crippen molar-refractivity contribution in [3.8, 4) is 0 Å². The second-order valence-corrected chi connectivity index (χ2v) is 10.5. The molecule has 4 aromatic rings. The molecule has 0 unspecified atom stereocenters. The second kappa shape index (κ2) is 12.2. The van der Waals surface area contributed by atoms with Crippen molar-refractivity contribution in [2.45, 2.75) is 23.9 Å². The van der Waals surface area contributed by atoms with Crippen LogP contribution in [0.3, 0.4) is 0 Å². The lowest BCUT2D eigenvalue weighted by Gasteiger charge is -2.08. The van der Waals surface area contributed by atoms with E-state index in [0.717, 1.165) is 22.7 Å². The number of hydrogen-bond donors (Lipinski definition) is 2. The molecular formula is C18H14F6N6O10S2. The Hall–Kier alpha value is -4.42. The highest BCUT2D eigenvalue weighted by Crippen LogP contribution is 2.21. The van der Waals surface area contributed by atoms with Crippen LogP contribution in [0.25, 0.3) is 22.1 Å². The van der Waals surface area contributed by atoms with E-state index in [-0.39, 0.29) is 11.4 Å². The smallest absolute Gasteiger partial charge is 0.485 e. The summed E-state index contributed by atoms with van der Waals surface area (Å²) >= 11 is 0. The van der Waals surface area contributed by atoms with E-state index in [4.69, 9.17) is 25.9 Å². The number of benzene rings is 2. The molecular weight excluding hydrogens is 638 g/mol. The Balaban J connectivity index is 0.000000319. The molecule has 0 radical (unpaired) electrons. The molecule has 2 heterocycles. The number of halogens is 6. The SMILES string of the molecule is O=S(=O)([O-])C(F)(F)F.O=S(=O)([O-])C(F)(F)F.O=[N+]([O-])c1ccc2[nH+]c(CCc3[nH]c4cc([N+](=O)[O-])ccc4[nH+]3)[nH]c2c1. The van der Waals surface area contributed by atoms with Crippen LogP contribution in [0.5, 0.6) is 0 Å². The molecule has 4 N–H and O–H groups in total. The van der Waals surface area contributed by atoms with Gasteiger partial charge in [-0.25, -0.2) is 36.8 Å². The molecule has 16 nitrogen and oxygen atoms in total. The summed E-state index contributed by atoms with van der Waals surface area (Å²) in [6.45, 7) is 0. The molecule has 0 saturated carbocycles. The summed E-state index contributed by atoms with van der Waals surface area (Å²) in [4.78, 5) is 33.5. The number of non-ortho nitro benzene ring substituents is 2. The van der Waals surface area contributed by atoms with Crippen LogP contribution in [0.1, 0.15) is 11.6 Å². The lowest BCUT2D eigenvalue weighted by Crippen LogP contribution is -2.21. The van der Waals surface area contributed by atoms with Gasteiger partial charge in [0.1, 0.15) is 0 Å². The van der Waals surface area contributed by atoms with Gasteiger partial charge in [0.25, 0.3) is 23.0 Å². The van der Waals surface area contributed by atoms with Crippen molar-refractivity contribution < 1.29 is 72.1 Å². The van der Waals surface area contributed by atoms with E-state index in [0.29, 0.717) is 23.9 Å². The van der Waals surface area contributed by atoms with Gasteiger partial charge in [-0.05, 0) is 12.1 Å². The average Bonchev–Trinajstić information content (AvgIpc) is 3.43. The third-order valence-corrected chi connectivity index (χ3v) is 5.90. The Bertz CT molecular complexity index is 1700. The zero-order chi connectivity index (χ0) is 32.3. The lowest BCUT2D eigenvalue weighted by molar-refractivity contribution is -0.385. The zero-order valence-corrected chi connectivity index (χ0v) is 21.6. The van der Waals surface area contributed by atoms with E-state index in [1.165, 1.54) is 24.3 Å². The lowest BCUT2D eigenvalue weighted by atomic mass is 10.3. The normalized spacial score (nSPS) is 12.3. The van der Waals surface area contributed by atoms with Crippen LogP contribution in [0.4, 0.5) is 37.7 Å². The van der Waals surface area contributed by atoms with Gasteiger partial charge in [-0.1, -0.05) is 0 Å². The first kappa shape index (κ1) is 33.8. The largest absolute Gasteiger partial charge is 0.741 e. The monoisotopic (exact) mass is 652 g/mol. The summed E-state index contributed by atoms with van der Waals surface area (Å²) in [6.07, 6.45) is 1.27. The van der Waals surface area contributed by atoms with Crippen LogP contribution >= 0.6 is 0 Å². The molecule has 0 fully saturated rings. The van der Waals surface area contributed by atoms with Crippen molar-refractivity contribution in [1.29, 1.82) is 0 Å². The Morgan fingerprint density at radius 3 is 1.19 bits per heavy atom. The van der Waals surface area contributed by atoms with Gasteiger partial charge in [0.15, 0.2) is 42.3 Å². The predicted molar refractivity (Wildman–Crippen MR) is 122 cm³/mol. The molecule has 4 rings (SSSR count). The fourth-order valence-electron chi connectivity index (χ4n) is 2.93. The molecule has 0 bridgehead atoms. The van der Waals surface area contributed by atoms with E-state index in [1.54, 1.807) is 12.1 Å². The molecule has 24 heteroatoms. The number of nitrogens with one attached hydrogen (secondary N) is 4. The van der Waals surface area contributed by atoms with E-state index in [2.05, 4.69) is 19.9 Å². The summed E-state index contributed by atoms with van der Waals surface area (Å²) in [5, 5.41) is 21.7. The average molecular weight is 652 g/mol. The van der Waals surface area contributed by atoms with Gasteiger partial charge >= 0.3 is 11.0 Å². The number of hydrogen-bond acceptors (Lipinski definition) is 10. The van der Waals surface area contributed by atoms with Crippen LogP contribution in [0, 0.1) is 20.2 Å². The number of imidazole rings is 2. The maximum atomic E-state index is 10.8. The van der Waals surface area contributed by atoms with Gasteiger partial charge < -0.3 is 9.11 Å². The van der Waals surface area contributed by atoms with Crippen molar-refractivity contribution in [2.75, 3.05) is 0 Å². The Labute approximate surface area is 228 Å². The van der Waals surface area contributed by atoms with E-state index >= 15 is 0 Å². The van der Waals surface area contributed by atoms with E-state index < -0.39 is 41.1 Å². The quantitative estimate of drug-likeness (QED) is 0.104. The van der Waals surface area contributed by atoms with Crippen LogP contribution in [0.2, 0.25) is 0 Å². The van der Waals surface area contributed by atoms with Crippen molar-refractivity contribution >= 4 is 53.7 Å². The number of nitro benzene ring substituents is 2. The summed E-state index contributed by atoms with van der Waals surface area (Å²) < 4.78 is 118. The molecule has 0 spiro atoms. The molecule has 0 aliphatic heterocycles. The Morgan fingerprint density at radius 1 is 0.667 bits per heavy atom. The number of fused-ring (bicyclic) bond motifs is 2. The summed E-state index contributed by atoms with van der Waals surface area (Å²) in [5.74, 6) is 1.66. The molecule has 0 atom stereocenters. The predicted octanol–water partition coefficient (Wildman–Crippen LogP) is 1.98. The highest BCUT2D eigenvalue weighted by atomic mass is 32.2. The number of nitro groups is 2. The molecule has 0 saturated heterocycles. The van der Waals surface area contributed by atoms with Crippen molar-refractivity contribution in [2.24, 2.45) is 0 Å². The minimum absolute atomic E-state index is 0.0323. The number of aromatic nitrogens is 4. The highest BCUT2D eigenvalue weighted by molar-refractivity contribution is 7.86. The standard InChI is InChI=1S/C16H12N6O4.2CHF3O3S/c23-21(24)9-1-3-11-13(7-9)19-15(17-11)5-6-16-18-12-4-2-10(22(25)26)8-14(12)20-16;2*2-1(3,4)8(5,6)7/h1-4,7-8H,5-6H2,(H,17,19)(H,18,20);2*(H,5,6,7). The maximum Gasteiger partial charge on any atom is 0.485 e. The van der Waals surface area contributed by atoms with Crippen molar-refractivity contribution in [3.05, 3.63) is 68.3 Å². The number of alkyl halides is 6. The molecule has 230 valence electrons. The number of nitrogens with zero attached hydrogens (tertiary/aromatic N) is 2. The van der Waals surface area contributed by atoms with Crippen molar-refractivity contribution in [1.82, 2.24) is 9.97 Å². The number of aromatic amines is 4. The van der Waals surface area contributed by atoms with Gasteiger partial charge in [0.05, 0.1) is 34.8 Å². The maximum absolute atomic E-state index is 10.8. The molecule has 0 aliphatic carbocycles. The number of rotatable bonds is 5. The fraction of sp³-hybridized carbons (Fsp3) is 0.222. The summed E-state index contributed by atoms with van der Waals surface area (Å²) in [5.41, 5.74) is -8.30. The Kier molecular flexibility index (Phi) is 9.82. The molecule has 0 amide bonds. The van der Waals surface area contributed by atoms with Crippen LogP contribution in [0.15, 0.2) is 36.4 Å². The van der Waals surface area contributed by atoms with Crippen LogP contribution in [-0.2, 0) is 33.1 Å². The van der Waals surface area contributed by atoms with Gasteiger partial charge in [-0.2, -0.15) is 26.3 Å². The summed E-state index contributed by atoms with van der Waals surface area (Å²) in [6, 6.07) is 9.22. The van der Waals surface area contributed by atoms with E-state index in [1.807, 2.05) is 0 Å². The summed E-state index contributed by atoms with van der Waals surface area (Å²) in [7, 11) is -12.2. The third-order valence-electron chi connectivity index (χ3n) is 4.76. The molecule has 42 heavy (non-hydrogen) atoms. The van der Waals surface area contributed by atoms with Gasteiger partial charge in [0, 0.05) is 12.1 Å². The zero-order valence-electron chi connectivity index (χ0n) is 19.9. The first-order valence-corrected chi connectivity index (χ1v) is 13.2. The van der Waals surface area contributed by atoms with Crippen LogP contribution < -0.4 is 9.97 Å².